The molecular formula is C15H13ClN4O3. The monoisotopic (exact) mass is 332 g/mol. The number of anilines is 1. The van der Waals surface area contributed by atoms with Gasteiger partial charge in [0, 0.05) is 28.4 Å². The first-order valence-corrected chi connectivity index (χ1v) is 6.95. The van der Waals surface area contributed by atoms with E-state index in [2.05, 4.69) is 15.8 Å². The Morgan fingerprint density at radius 3 is 2.78 bits per heavy atom. The van der Waals surface area contributed by atoms with Crippen molar-refractivity contribution in [1.82, 2.24) is 5.43 Å². The number of rotatable bonds is 4. The van der Waals surface area contributed by atoms with E-state index in [-0.39, 0.29) is 5.69 Å². The number of hydrogen-bond acceptors (Lipinski definition) is 4. The Labute approximate surface area is 137 Å². The molecule has 7 nitrogen and oxygen atoms in total. The predicted molar refractivity (Wildman–Crippen MR) is 89.0 cm³/mol. The summed E-state index contributed by atoms with van der Waals surface area (Å²) in [5.74, 6) is 0. The van der Waals surface area contributed by atoms with Crippen molar-refractivity contribution in [3.63, 3.8) is 0 Å². The molecule has 2 aromatic rings. The molecular weight excluding hydrogens is 320 g/mol. The average molecular weight is 333 g/mol. The van der Waals surface area contributed by atoms with Crippen molar-refractivity contribution in [2.45, 2.75) is 6.92 Å². The summed E-state index contributed by atoms with van der Waals surface area (Å²) in [5, 5.41) is 17.6. The molecule has 0 heterocycles. The number of hydrazone groups is 1. The summed E-state index contributed by atoms with van der Waals surface area (Å²) in [5.41, 5.74) is 4.04. The van der Waals surface area contributed by atoms with Gasteiger partial charge >= 0.3 is 6.03 Å². The van der Waals surface area contributed by atoms with Crippen molar-refractivity contribution >= 4 is 35.2 Å². The Morgan fingerprint density at radius 1 is 1.30 bits per heavy atom. The lowest BCUT2D eigenvalue weighted by Gasteiger charge is -2.08. The molecule has 0 saturated carbocycles. The van der Waals surface area contributed by atoms with Crippen molar-refractivity contribution in [3.05, 3.63) is 68.7 Å². The van der Waals surface area contributed by atoms with Gasteiger partial charge in [0.15, 0.2) is 0 Å². The summed E-state index contributed by atoms with van der Waals surface area (Å²) in [6.45, 7) is 1.78. The van der Waals surface area contributed by atoms with Crippen molar-refractivity contribution in [1.29, 1.82) is 0 Å². The normalized spacial score (nSPS) is 10.5. The fourth-order valence-corrected chi connectivity index (χ4v) is 1.95. The number of halogens is 1. The van der Waals surface area contributed by atoms with Gasteiger partial charge in [-0.1, -0.05) is 29.8 Å². The van der Waals surface area contributed by atoms with Gasteiger partial charge < -0.3 is 5.32 Å². The molecule has 8 heteroatoms. The van der Waals surface area contributed by atoms with Gasteiger partial charge in [0.2, 0.25) is 0 Å². The maximum atomic E-state index is 11.8. The second-order valence-electron chi connectivity index (χ2n) is 4.59. The highest BCUT2D eigenvalue weighted by Crippen LogP contribution is 2.22. The molecule has 0 aliphatic rings. The van der Waals surface area contributed by atoms with E-state index in [0.29, 0.717) is 16.3 Å². The number of nitro groups is 1. The van der Waals surface area contributed by atoms with Crippen LogP contribution in [0.5, 0.6) is 0 Å². The molecule has 0 bridgehead atoms. The zero-order valence-corrected chi connectivity index (χ0v) is 12.9. The van der Waals surface area contributed by atoms with Crippen LogP contribution in [0, 0.1) is 17.0 Å². The van der Waals surface area contributed by atoms with Crippen molar-refractivity contribution in [2.24, 2.45) is 5.10 Å². The number of nitrogens with zero attached hydrogens (tertiary/aromatic N) is 2. The Morgan fingerprint density at radius 2 is 2.04 bits per heavy atom. The van der Waals surface area contributed by atoms with E-state index in [0.717, 1.165) is 5.56 Å². The largest absolute Gasteiger partial charge is 0.339 e. The second kappa shape index (κ2) is 7.37. The molecule has 0 aliphatic carbocycles. The van der Waals surface area contributed by atoms with Crippen LogP contribution in [0.4, 0.5) is 16.2 Å². The van der Waals surface area contributed by atoms with Gasteiger partial charge in [0.1, 0.15) is 0 Å². The van der Waals surface area contributed by atoms with Crippen LogP contribution in [-0.4, -0.2) is 17.2 Å². The quantitative estimate of drug-likeness (QED) is 0.507. The van der Waals surface area contributed by atoms with E-state index in [1.165, 1.54) is 24.4 Å². The maximum Gasteiger partial charge on any atom is 0.339 e. The Balaban J connectivity index is 1.97. The Kier molecular flexibility index (Phi) is 5.27. The molecule has 118 valence electrons. The van der Waals surface area contributed by atoms with E-state index < -0.39 is 11.0 Å². The fourth-order valence-electron chi connectivity index (χ4n) is 1.78. The number of carbonyl (C=O) groups excluding carboxylic acids is 1. The standard InChI is InChI=1S/C15H13ClN4O3/c1-10-13(16)6-3-7-14(10)18-15(21)19-17-9-11-4-2-5-12(8-11)20(22)23/h2-9H,1H3,(H2,18,19,21)/b17-9-. The minimum absolute atomic E-state index is 0.0482. The average Bonchev–Trinajstić information content (AvgIpc) is 2.52. The zero-order valence-electron chi connectivity index (χ0n) is 12.1. The van der Waals surface area contributed by atoms with Crippen LogP contribution in [0.15, 0.2) is 47.6 Å². The van der Waals surface area contributed by atoms with Crippen LogP contribution in [0.3, 0.4) is 0 Å². The SMILES string of the molecule is Cc1c(Cl)cccc1NC(=O)N/N=C\c1cccc([N+](=O)[O-])c1. The summed E-state index contributed by atoms with van der Waals surface area (Å²) in [7, 11) is 0. The number of urea groups is 1. The molecule has 0 unspecified atom stereocenters. The lowest BCUT2D eigenvalue weighted by atomic mass is 10.2. The Hall–Kier alpha value is -2.93. The lowest BCUT2D eigenvalue weighted by Crippen LogP contribution is -2.24. The summed E-state index contributed by atoms with van der Waals surface area (Å²) < 4.78 is 0. The van der Waals surface area contributed by atoms with Crippen LogP contribution in [0.1, 0.15) is 11.1 Å². The minimum atomic E-state index is -0.544. The van der Waals surface area contributed by atoms with Crippen molar-refractivity contribution < 1.29 is 9.72 Å². The second-order valence-corrected chi connectivity index (χ2v) is 5.00. The van der Waals surface area contributed by atoms with E-state index in [1.807, 2.05) is 0 Å². The maximum absolute atomic E-state index is 11.8. The van der Waals surface area contributed by atoms with Crippen LogP contribution in [-0.2, 0) is 0 Å². The van der Waals surface area contributed by atoms with E-state index >= 15 is 0 Å². The minimum Gasteiger partial charge on any atom is -0.306 e. The van der Waals surface area contributed by atoms with Gasteiger partial charge in [-0.15, -0.1) is 0 Å². The molecule has 0 fully saturated rings. The highest BCUT2D eigenvalue weighted by atomic mass is 35.5. The molecule has 2 aromatic carbocycles. The number of carbonyl (C=O) groups is 1. The molecule has 23 heavy (non-hydrogen) atoms. The van der Waals surface area contributed by atoms with Gasteiger partial charge in [-0.3, -0.25) is 10.1 Å². The number of nitro benzene ring substituents is 1. The van der Waals surface area contributed by atoms with Crippen LogP contribution >= 0.6 is 11.6 Å². The predicted octanol–water partition coefficient (Wildman–Crippen LogP) is 3.71. The van der Waals surface area contributed by atoms with Gasteiger partial charge in [-0.05, 0) is 24.6 Å². The molecule has 0 radical (unpaired) electrons. The van der Waals surface area contributed by atoms with Crippen LogP contribution in [0.25, 0.3) is 0 Å². The number of nitrogens with one attached hydrogen (secondary N) is 2. The topological polar surface area (TPSA) is 96.6 Å². The highest BCUT2D eigenvalue weighted by molar-refractivity contribution is 6.31. The van der Waals surface area contributed by atoms with E-state index in [9.17, 15) is 14.9 Å². The zero-order chi connectivity index (χ0) is 16.8. The number of benzene rings is 2. The van der Waals surface area contributed by atoms with Crippen molar-refractivity contribution in [2.75, 3.05) is 5.32 Å². The first kappa shape index (κ1) is 16.4. The van der Waals surface area contributed by atoms with Crippen LogP contribution < -0.4 is 10.7 Å². The Bertz CT molecular complexity index is 777. The van der Waals surface area contributed by atoms with Gasteiger partial charge in [0.05, 0.1) is 11.1 Å². The first-order chi connectivity index (χ1) is 11.0. The van der Waals surface area contributed by atoms with E-state index in [4.69, 9.17) is 11.6 Å². The summed E-state index contributed by atoms with van der Waals surface area (Å²) in [6, 6.07) is 10.5. The highest BCUT2D eigenvalue weighted by Gasteiger charge is 2.06. The van der Waals surface area contributed by atoms with Crippen LogP contribution in [0.2, 0.25) is 5.02 Å². The smallest absolute Gasteiger partial charge is 0.306 e. The third kappa shape index (κ3) is 4.52. The molecule has 2 rings (SSSR count). The molecule has 2 amide bonds. The summed E-state index contributed by atoms with van der Waals surface area (Å²) in [4.78, 5) is 21.9. The molecule has 0 saturated heterocycles. The molecule has 0 aliphatic heterocycles. The van der Waals surface area contributed by atoms with E-state index in [1.54, 1.807) is 31.2 Å². The van der Waals surface area contributed by atoms with Crippen molar-refractivity contribution in [3.8, 4) is 0 Å². The number of amides is 2. The third-order valence-corrected chi connectivity index (χ3v) is 3.39. The molecule has 0 spiro atoms. The van der Waals surface area contributed by atoms with Gasteiger partial charge in [-0.25, -0.2) is 10.2 Å². The first-order valence-electron chi connectivity index (χ1n) is 6.57. The summed E-state index contributed by atoms with van der Waals surface area (Å²) >= 11 is 5.97. The number of non-ortho nitro benzene ring substituents is 1. The fraction of sp³-hybridized carbons (Fsp3) is 0.0667. The summed E-state index contributed by atoms with van der Waals surface area (Å²) in [6.07, 6.45) is 1.32. The van der Waals surface area contributed by atoms with Gasteiger partial charge in [0.25, 0.3) is 5.69 Å². The lowest BCUT2D eigenvalue weighted by molar-refractivity contribution is -0.384. The molecule has 0 atom stereocenters. The number of hydrogen-bond donors (Lipinski definition) is 2. The third-order valence-electron chi connectivity index (χ3n) is 2.98. The molecule has 0 aromatic heterocycles. The molecule has 2 N–H and O–H groups in total. The van der Waals surface area contributed by atoms with Gasteiger partial charge in [-0.2, -0.15) is 5.10 Å².